The summed E-state index contributed by atoms with van der Waals surface area (Å²) in [6.07, 6.45) is 0. The van der Waals surface area contributed by atoms with Crippen molar-refractivity contribution < 1.29 is 24.6 Å². The van der Waals surface area contributed by atoms with Gasteiger partial charge in [0.25, 0.3) is 0 Å². The third kappa shape index (κ3) is 17600. The Morgan fingerprint density at radius 2 is 1.25 bits per heavy atom. The Labute approximate surface area is 32.2 Å². The van der Waals surface area contributed by atoms with Gasteiger partial charge in [0.1, 0.15) is 6.79 Å². The van der Waals surface area contributed by atoms with Gasteiger partial charge in [-0.2, -0.15) is 0 Å². The standard InChI is InChI=1S/CH2O.Fe.O/c1-2;;/h1H2;;. The molecule has 0 rings (SSSR count). The third-order valence-electron chi connectivity index (χ3n) is 0. The topological polar surface area (TPSA) is 34.1 Å². The maximum atomic E-state index is 8.00. The van der Waals surface area contributed by atoms with Crippen LogP contribution in [-0.2, 0) is 24.6 Å². The summed E-state index contributed by atoms with van der Waals surface area (Å²) >= 11 is 2.00. The van der Waals surface area contributed by atoms with E-state index in [9.17, 15) is 0 Å². The van der Waals surface area contributed by atoms with Crippen molar-refractivity contribution in [2.24, 2.45) is 0 Å². The van der Waals surface area contributed by atoms with Crippen LogP contribution in [0.5, 0.6) is 0 Å². The SMILES string of the molecule is C=O.[O]=[Fe]. The van der Waals surface area contributed by atoms with Gasteiger partial charge < -0.3 is 4.79 Å². The Morgan fingerprint density at radius 3 is 1.25 bits per heavy atom. The zero-order valence-corrected chi connectivity index (χ0v) is 2.98. The zero-order chi connectivity index (χ0) is 4.00. The molecule has 0 atom stereocenters. The van der Waals surface area contributed by atoms with Crippen LogP contribution >= 0.6 is 0 Å². The van der Waals surface area contributed by atoms with Gasteiger partial charge in [-0.15, -0.1) is 0 Å². The second-order valence-electron chi connectivity index (χ2n) is 0. The van der Waals surface area contributed by atoms with Gasteiger partial charge in [0.2, 0.25) is 0 Å². The van der Waals surface area contributed by atoms with Crippen molar-refractivity contribution in [2.45, 2.75) is 0 Å². The summed E-state index contributed by atoms with van der Waals surface area (Å²) in [7, 11) is 0. The summed E-state index contributed by atoms with van der Waals surface area (Å²) in [5.74, 6) is 0. The van der Waals surface area contributed by atoms with Gasteiger partial charge >= 0.3 is 19.8 Å². The fourth-order valence-corrected chi connectivity index (χ4v) is 0. The number of hydrogen-bond acceptors (Lipinski definition) is 2. The van der Waals surface area contributed by atoms with E-state index >= 15 is 0 Å². The number of carbonyl (C=O) groups excluding carboxylic acids is 1. The van der Waals surface area contributed by atoms with Gasteiger partial charge in [-0.05, 0) is 0 Å². The molecule has 0 aliphatic rings. The van der Waals surface area contributed by atoms with E-state index in [1.165, 1.54) is 0 Å². The third-order valence-corrected chi connectivity index (χ3v) is 0. The molecular formula is CH2FeO2. The van der Waals surface area contributed by atoms with E-state index in [2.05, 4.69) is 0 Å². The summed E-state index contributed by atoms with van der Waals surface area (Å²) in [5, 5.41) is 0. The minimum atomic E-state index is 2.00. The zero-order valence-electron chi connectivity index (χ0n) is 1.88. The average Bonchev–Trinajstić information content (AvgIpc) is 1.50. The molecule has 0 aromatic heterocycles. The van der Waals surface area contributed by atoms with Crippen molar-refractivity contribution in [1.82, 2.24) is 0 Å². The summed E-state index contributed by atoms with van der Waals surface area (Å²) in [4.78, 5) is 8.00. The van der Waals surface area contributed by atoms with Crippen LogP contribution < -0.4 is 0 Å². The van der Waals surface area contributed by atoms with Crippen LogP contribution in [0.4, 0.5) is 0 Å². The van der Waals surface area contributed by atoms with Crippen molar-refractivity contribution in [2.75, 3.05) is 0 Å². The van der Waals surface area contributed by atoms with Crippen molar-refractivity contribution in [3.8, 4) is 0 Å². The molecule has 0 radical (unpaired) electrons. The molecule has 0 aromatic rings. The summed E-state index contributed by atoms with van der Waals surface area (Å²) in [5.41, 5.74) is 0. The maximum absolute atomic E-state index is 8.00. The first-order valence-electron chi connectivity index (χ1n) is 0.433. The molecule has 0 fully saturated rings. The Morgan fingerprint density at radius 1 is 1.25 bits per heavy atom. The molecule has 2 nitrogen and oxygen atoms in total. The van der Waals surface area contributed by atoms with Crippen molar-refractivity contribution in [1.29, 1.82) is 0 Å². The van der Waals surface area contributed by atoms with Crippen LogP contribution in [0, 0.1) is 0 Å². The van der Waals surface area contributed by atoms with Crippen LogP contribution in [-0.4, -0.2) is 6.79 Å². The van der Waals surface area contributed by atoms with Crippen LogP contribution in [0.15, 0.2) is 0 Å². The normalized spacial score (nSPS) is 2.25. The van der Waals surface area contributed by atoms with Crippen LogP contribution in [0.2, 0.25) is 0 Å². The second-order valence-corrected chi connectivity index (χ2v) is 0. The van der Waals surface area contributed by atoms with Gasteiger partial charge in [0.15, 0.2) is 0 Å². The van der Waals surface area contributed by atoms with Gasteiger partial charge in [0, 0.05) is 0 Å². The Kier molecular flexibility index (Phi) is 241000. The molecule has 0 aromatic carbocycles. The quantitative estimate of drug-likeness (QED) is 0.393. The molecule has 26 valence electrons. The van der Waals surface area contributed by atoms with Crippen molar-refractivity contribution >= 4 is 6.79 Å². The Bertz CT molecular complexity index is 8.00. The first-order chi connectivity index (χ1) is 2.00. The van der Waals surface area contributed by atoms with E-state index in [4.69, 9.17) is 8.63 Å². The monoisotopic (exact) mass is 102 g/mol. The second kappa shape index (κ2) is 107000. The molecule has 0 aliphatic heterocycles. The van der Waals surface area contributed by atoms with Crippen molar-refractivity contribution in [3.63, 3.8) is 0 Å². The van der Waals surface area contributed by atoms with Crippen molar-refractivity contribution in [3.05, 3.63) is 0 Å². The minimum absolute atomic E-state index is 2.00. The summed E-state index contributed by atoms with van der Waals surface area (Å²) < 4.78 is 8.00. The molecule has 0 spiro atoms. The summed E-state index contributed by atoms with van der Waals surface area (Å²) in [6, 6.07) is 0. The molecule has 0 saturated carbocycles. The van der Waals surface area contributed by atoms with Gasteiger partial charge in [-0.1, -0.05) is 0 Å². The molecule has 4 heavy (non-hydrogen) atoms. The first kappa shape index (κ1) is 9.01. The van der Waals surface area contributed by atoms with E-state index in [0.29, 0.717) is 0 Å². The predicted molar refractivity (Wildman–Crippen MR) is 7.81 cm³/mol. The first-order valence-corrected chi connectivity index (χ1v) is 0.884. The molecular weight excluding hydrogens is 99.9 g/mol. The molecule has 0 heterocycles. The molecule has 0 saturated heterocycles. The van der Waals surface area contributed by atoms with E-state index < -0.39 is 0 Å². The van der Waals surface area contributed by atoms with Crippen LogP contribution in [0.1, 0.15) is 0 Å². The number of hydrogen-bond donors (Lipinski definition) is 0. The van der Waals surface area contributed by atoms with Crippen LogP contribution in [0.25, 0.3) is 0 Å². The van der Waals surface area contributed by atoms with E-state index in [0.717, 1.165) is 0 Å². The molecule has 0 amide bonds. The molecule has 0 aliphatic carbocycles. The molecule has 0 N–H and O–H groups in total. The fraction of sp³-hybridized carbons (Fsp3) is 0. The van der Waals surface area contributed by atoms with Gasteiger partial charge in [-0.3, -0.25) is 0 Å². The Hall–Kier alpha value is -0.0105. The average molecular weight is 102 g/mol. The van der Waals surface area contributed by atoms with E-state index in [-0.39, 0.29) is 0 Å². The van der Waals surface area contributed by atoms with E-state index in [1.807, 2.05) is 22.7 Å². The van der Waals surface area contributed by atoms with E-state index in [1.54, 1.807) is 0 Å². The molecule has 0 bridgehead atoms. The van der Waals surface area contributed by atoms with Crippen LogP contribution in [0.3, 0.4) is 0 Å². The molecule has 0 unspecified atom stereocenters. The van der Waals surface area contributed by atoms with Gasteiger partial charge in [0.05, 0.1) is 0 Å². The molecule has 3 heteroatoms. The fourth-order valence-electron chi connectivity index (χ4n) is 0. The van der Waals surface area contributed by atoms with Gasteiger partial charge in [-0.25, -0.2) is 0 Å². The number of rotatable bonds is 0. The predicted octanol–water partition coefficient (Wildman–Crippen LogP) is -0.306. The Balaban J connectivity index is 0. The number of carbonyl (C=O) groups is 1. The summed E-state index contributed by atoms with van der Waals surface area (Å²) in [6.45, 7) is 2.00.